The van der Waals surface area contributed by atoms with E-state index in [1.807, 2.05) is 105 Å². The molecule has 0 saturated carbocycles. The zero-order valence-corrected chi connectivity index (χ0v) is 29.5. The monoisotopic (exact) mass is 694 g/mol. The second-order valence-electron chi connectivity index (χ2n) is 13.4. The Morgan fingerprint density at radius 3 is 2.25 bits per heavy atom. The Labute approximate surface area is 300 Å². The summed E-state index contributed by atoms with van der Waals surface area (Å²) in [6.07, 6.45) is 1.38. The van der Waals surface area contributed by atoms with E-state index >= 15 is 0 Å². The van der Waals surface area contributed by atoms with Crippen molar-refractivity contribution in [2.24, 2.45) is 0 Å². The number of carbonyl (C=O) groups is 2. The van der Waals surface area contributed by atoms with Crippen molar-refractivity contribution >= 4 is 11.9 Å². The van der Waals surface area contributed by atoms with E-state index in [0.29, 0.717) is 45.2 Å². The number of carboxylic acids is 1. The van der Waals surface area contributed by atoms with Crippen LogP contribution < -0.4 is 5.32 Å². The first-order valence-corrected chi connectivity index (χ1v) is 17.8. The van der Waals surface area contributed by atoms with Crippen LogP contribution >= 0.6 is 0 Å². The smallest absolute Gasteiger partial charge is 0.303 e. The van der Waals surface area contributed by atoms with Crippen molar-refractivity contribution in [3.8, 4) is 11.1 Å². The van der Waals surface area contributed by atoms with Gasteiger partial charge in [-0.05, 0) is 72.3 Å². The highest BCUT2D eigenvalue weighted by atomic mass is 16.7. The van der Waals surface area contributed by atoms with Crippen LogP contribution in [0.15, 0.2) is 103 Å². The van der Waals surface area contributed by atoms with Crippen LogP contribution in [0, 0.1) is 0 Å². The van der Waals surface area contributed by atoms with Crippen molar-refractivity contribution in [3.05, 3.63) is 131 Å². The largest absolute Gasteiger partial charge is 0.481 e. The number of likely N-dealkylation sites (N-methyl/N-ethyl adjacent to an activating group) is 1. The van der Waals surface area contributed by atoms with Crippen LogP contribution in [0.1, 0.15) is 91.8 Å². The molecule has 0 bridgehead atoms. The highest BCUT2D eigenvalue weighted by Gasteiger charge is 2.34. The number of carbonyl (C=O) groups excluding carboxylic acids is 1. The minimum Gasteiger partial charge on any atom is -0.481 e. The molecule has 0 spiro atoms. The number of hydrogen-bond donors (Lipinski definition) is 4. The van der Waals surface area contributed by atoms with Crippen LogP contribution in [-0.2, 0) is 32.2 Å². The SMILES string of the molecule is C[C@H]([C@@H](O)c1ccccc1)N(C)C[C@@H]1C[C@H](c2ccc(CO)cc2)O[C@H](c2cccc(-c3cccc(CNC(=O)CCCCCC(=O)O)c3)c2)O1. The second kappa shape index (κ2) is 18.7. The highest BCUT2D eigenvalue weighted by molar-refractivity contribution is 5.76. The molecule has 0 aliphatic carbocycles. The van der Waals surface area contributed by atoms with Gasteiger partial charge in [-0.15, -0.1) is 0 Å². The summed E-state index contributed by atoms with van der Waals surface area (Å²) >= 11 is 0. The van der Waals surface area contributed by atoms with Gasteiger partial charge in [0.25, 0.3) is 0 Å². The van der Waals surface area contributed by atoms with Crippen molar-refractivity contribution in [1.29, 1.82) is 0 Å². The maximum atomic E-state index is 12.4. The van der Waals surface area contributed by atoms with E-state index in [0.717, 1.165) is 38.9 Å². The first-order chi connectivity index (χ1) is 24.7. The molecule has 0 unspecified atom stereocenters. The van der Waals surface area contributed by atoms with Crippen molar-refractivity contribution in [2.45, 2.75) is 89.2 Å². The van der Waals surface area contributed by atoms with Gasteiger partial charge >= 0.3 is 5.97 Å². The maximum absolute atomic E-state index is 12.4. The highest BCUT2D eigenvalue weighted by Crippen LogP contribution is 2.39. The number of aliphatic hydroxyl groups excluding tert-OH is 2. The van der Waals surface area contributed by atoms with Gasteiger partial charge in [0.05, 0.1) is 24.9 Å². The predicted octanol–water partition coefficient (Wildman–Crippen LogP) is 7.10. The number of nitrogens with zero attached hydrogens (tertiary/aromatic N) is 1. The van der Waals surface area contributed by atoms with E-state index < -0.39 is 18.4 Å². The number of unbranched alkanes of at least 4 members (excludes halogenated alkanes) is 2. The molecule has 1 aliphatic heterocycles. The average molecular weight is 695 g/mol. The van der Waals surface area contributed by atoms with E-state index in [1.54, 1.807) is 0 Å². The minimum absolute atomic E-state index is 0.0247. The second-order valence-corrected chi connectivity index (χ2v) is 13.4. The van der Waals surface area contributed by atoms with Gasteiger partial charge in [0.15, 0.2) is 6.29 Å². The number of nitrogens with one attached hydrogen (secondary N) is 1. The summed E-state index contributed by atoms with van der Waals surface area (Å²) in [6, 6.07) is 33.6. The average Bonchev–Trinajstić information content (AvgIpc) is 3.16. The molecule has 51 heavy (non-hydrogen) atoms. The summed E-state index contributed by atoms with van der Waals surface area (Å²) in [6.45, 7) is 2.99. The fourth-order valence-electron chi connectivity index (χ4n) is 6.44. The Kier molecular flexibility index (Phi) is 13.9. The fourth-order valence-corrected chi connectivity index (χ4v) is 6.44. The molecule has 1 heterocycles. The molecule has 1 amide bonds. The van der Waals surface area contributed by atoms with Crippen LogP contribution in [0.3, 0.4) is 0 Å². The molecule has 1 fully saturated rings. The van der Waals surface area contributed by atoms with Gasteiger partial charge in [0, 0.05) is 44.0 Å². The number of rotatable bonds is 17. The number of carboxylic acid groups (broad SMARTS) is 1. The lowest BCUT2D eigenvalue weighted by Crippen LogP contribution is -2.43. The van der Waals surface area contributed by atoms with E-state index in [4.69, 9.17) is 14.6 Å². The van der Waals surface area contributed by atoms with Gasteiger partial charge in [0.1, 0.15) is 0 Å². The third-order valence-corrected chi connectivity index (χ3v) is 9.60. The Morgan fingerprint density at radius 2 is 1.53 bits per heavy atom. The summed E-state index contributed by atoms with van der Waals surface area (Å²) in [5, 5.41) is 32.5. The molecule has 5 rings (SSSR count). The summed E-state index contributed by atoms with van der Waals surface area (Å²) in [5.74, 6) is -0.856. The van der Waals surface area contributed by atoms with Gasteiger partial charge in [0.2, 0.25) is 5.91 Å². The third kappa shape index (κ3) is 11.1. The molecule has 4 aromatic rings. The zero-order valence-electron chi connectivity index (χ0n) is 29.5. The van der Waals surface area contributed by atoms with Crippen molar-refractivity contribution < 1.29 is 34.4 Å². The summed E-state index contributed by atoms with van der Waals surface area (Å²) in [5.41, 5.74) is 6.58. The van der Waals surface area contributed by atoms with Gasteiger partial charge < -0.3 is 30.1 Å². The van der Waals surface area contributed by atoms with Crippen LogP contribution in [-0.4, -0.2) is 57.8 Å². The Hall–Kier alpha value is -4.38. The molecule has 1 saturated heterocycles. The van der Waals surface area contributed by atoms with Gasteiger partial charge in [-0.1, -0.05) is 97.4 Å². The molecule has 0 aromatic heterocycles. The topological polar surface area (TPSA) is 129 Å². The number of benzene rings is 4. The molecule has 4 aromatic carbocycles. The van der Waals surface area contributed by atoms with Crippen LogP contribution in [0.5, 0.6) is 0 Å². The Morgan fingerprint density at radius 1 is 0.824 bits per heavy atom. The fraction of sp³-hybridized carbons (Fsp3) is 0.381. The van der Waals surface area contributed by atoms with Crippen molar-refractivity contribution in [3.63, 3.8) is 0 Å². The molecule has 1 aliphatic rings. The maximum Gasteiger partial charge on any atom is 0.303 e. The number of amides is 1. The lowest BCUT2D eigenvalue weighted by molar-refractivity contribution is -0.253. The lowest BCUT2D eigenvalue weighted by atomic mass is 9.97. The van der Waals surface area contributed by atoms with Gasteiger partial charge in [-0.25, -0.2) is 0 Å². The van der Waals surface area contributed by atoms with Gasteiger partial charge in [-0.2, -0.15) is 0 Å². The molecule has 9 heteroatoms. The van der Waals surface area contributed by atoms with Crippen LogP contribution in [0.2, 0.25) is 0 Å². The number of ether oxygens (including phenoxy) is 2. The standard InChI is InChI=1S/C42H50N2O7/c1-29(41(49)33-12-5-3-6-13-33)44(2)27-37-25-38(32-21-19-30(28-45)20-22-32)51-42(50-37)36-16-10-15-35(24-36)34-14-9-11-31(23-34)26-43-39(46)17-7-4-8-18-40(47)48/h3,5-6,9-16,19-24,29,37-38,41-42,45,49H,4,7-8,17-18,25-28H2,1-2H3,(H,43,46)(H,47,48)/t29-,37+,38-,41-,42-/m1/s1. The first-order valence-electron chi connectivity index (χ1n) is 17.8. The molecule has 4 N–H and O–H groups in total. The number of aliphatic hydroxyl groups is 2. The molecular weight excluding hydrogens is 644 g/mol. The summed E-state index contributed by atoms with van der Waals surface area (Å²) in [4.78, 5) is 25.2. The molecule has 0 radical (unpaired) electrons. The predicted molar refractivity (Wildman–Crippen MR) is 196 cm³/mol. The van der Waals surface area contributed by atoms with E-state index in [-0.39, 0.29) is 37.2 Å². The van der Waals surface area contributed by atoms with Gasteiger partial charge in [-0.3, -0.25) is 14.5 Å². The van der Waals surface area contributed by atoms with E-state index in [2.05, 4.69) is 22.3 Å². The molecular formula is C42H50N2O7. The number of aliphatic carboxylic acids is 1. The molecule has 9 nitrogen and oxygen atoms in total. The molecule has 5 atom stereocenters. The molecule has 270 valence electrons. The minimum atomic E-state index is -0.809. The zero-order chi connectivity index (χ0) is 36.2. The van der Waals surface area contributed by atoms with Crippen molar-refractivity contribution in [2.75, 3.05) is 13.6 Å². The summed E-state index contributed by atoms with van der Waals surface area (Å²) < 4.78 is 13.3. The Balaban J connectivity index is 1.28. The number of hydrogen-bond acceptors (Lipinski definition) is 7. The van der Waals surface area contributed by atoms with E-state index in [1.165, 1.54) is 0 Å². The quantitative estimate of drug-likeness (QED) is 0.0863. The normalized spacial score (nSPS) is 18.6. The van der Waals surface area contributed by atoms with Crippen LogP contribution in [0.25, 0.3) is 11.1 Å². The van der Waals surface area contributed by atoms with Crippen LogP contribution in [0.4, 0.5) is 0 Å². The van der Waals surface area contributed by atoms with Crippen molar-refractivity contribution in [1.82, 2.24) is 10.2 Å². The lowest BCUT2D eigenvalue weighted by Gasteiger charge is -2.39. The van der Waals surface area contributed by atoms with E-state index in [9.17, 15) is 19.8 Å². The Bertz CT molecular complexity index is 1700. The third-order valence-electron chi connectivity index (χ3n) is 9.60. The first kappa shape index (κ1) is 37.9. The summed E-state index contributed by atoms with van der Waals surface area (Å²) in [7, 11) is 2.01.